The lowest BCUT2D eigenvalue weighted by Crippen LogP contribution is -2.55. The number of methoxy groups -OCH3 is 1. The zero-order chi connectivity index (χ0) is 23.3. The first-order chi connectivity index (χ1) is 15.4. The van der Waals surface area contributed by atoms with Gasteiger partial charge in [0.1, 0.15) is 12.1 Å². The lowest BCUT2D eigenvalue weighted by molar-refractivity contribution is -0.153. The number of ether oxygens (including phenoxy) is 3. The van der Waals surface area contributed by atoms with Crippen molar-refractivity contribution < 1.29 is 28.6 Å². The fourth-order valence-corrected chi connectivity index (χ4v) is 6.46. The van der Waals surface area contributed by atoms with Crippen LogP contribution in [0.5, 0.6) is 0 Å². The molecule has 0 aromatic rings. The largest absolute Gasteiger partial charge is 0.465 e. The number of carbonyl (C=O) groups excluding carboxylic acids is 3. The number of carbonyl (C=O) groups is 3. The average molecular weight is 471 g/mol. The molecule has 2 unspecified atom stereocenters. The van der Waals surface area contributed by atoms with Gasteiger partial charge in [0.25, 0.3) is 0 Å². The topological polar surface area (TPSA) is 85.4 Å². The zero-order valence-electron chi connectivity index (χ0n) is 19.8. The highest BCUT2D eigenvalue weighted by molar-refractivity contribution is 7.99. The first kappa shape index (κ1) is 25.1. The van der Waals surface area contributed by atoms with Gasteiger partial charge in [0.05, 0.1) is 20.3 Å². The predicted octanol–water partition coefficient (Wildman–Crippen LogP) is 2.79. The van der Waals surface area contributed by atoms with Crippen molar-refractivity contribution >= 4 is 29.8 Å². The Bertz CT molecular complexity index is 677. The molecule has 0 radical (unpaired) electrons. The third-order valence-electron chi connectivity index (χ3n) is 7.30. The number of rotatable bonds is 7. The molecule has 0 aromatic heterocycles. The second kappa shape index (κ2) is 11.6. The maximum Gasteiger partial charge on any atom is 0.410 e. The second-order valence-electron chi connectivity index (χ2n) is 9.14. The van der Waals surface area contributed by atoms with E-state index in [1.54, 1.807) is 11.8 Å². The highest BCUT2D eigenvalue weighted by atomic mass is 32.2. The molecule has 2 saturated heterocycles. The summed E-state index contributed by atoms with van der Waals surface area (Å²) in [4.78, 5) is 41.3. The molecule has 0 bridgehead atoms. The Hall–Kier alpha value is -1.48. The fraction of sp³-hybridized carbons (Fsp3) is 0.870. The summed E-state index contributed by atoms with van der Waals surface area (Å²) in [5, 5.41) is 0.456. The number of thioether (sulfide) groups is 1. The summed E-state index contributed by atoms with van der Waals surface area (Å²) in [6.07, 6.45) is 6.19. The maximum absolute atomic E-state index is 12.6. The van der Waals surface area contributed by atoms with Gasteiger partial charge in [0, 0.05) is 24.9 Å². The second-order valence-corrected chi connectivity index (χ2v) is 10.3. The van der Waals surface area contributed by atoms with Crippen LogP contribution < -0.4 is 0 Å². The molecule has 0 spiro atoms. The van der Waals surface area contributed by atoms with Gasteiger partial charge in [-0.3, -0.25) is 14.6 Å². The molecule has 8 nitrogen and oxygen atoms in total. The minimum Gasteiger partial charge on any atom is -0.465 e. The monoisotopic (exact) mass is 470 g/mol. The SMILES string of the molecule is CCOC(=O)C1CC2C[C@@H](CN3C[C@@H](SC)C[C@H]3C(=O)OCC)CC[C@H]2CN1C(=O)OC. The number of piperidine rings is 1. The van der Waals surface area contributed by atoms with Gasteiger partial charge in [-0.1, -0.05) is 0 Å². The normalized spacial score (nSPS) is 32.8. The van der Waals surface area contributed by atoms with Crippen molar-refractivity contribution in [1.82, 2.24) is 9.80 Å². The van der Waals surface area contributed by atoms with Gasteiger partial charge in [-0.15, -0.1) is 0 Å². The number of fused-ring (bicyclic) bond motifs is 1. The Morgan fingerprint density at radius 1 is 0.906 bits per heavy atom. The molecule has 2 aliphatic heterocycles. The molecular formula is C23H38N2O6S. The molecule has 3 aliphatic rings. The third-order valence-corrected chi connectivity index (χ3v) is 8.31. The van der Waals surface area contributed by atoms with E-state index < -0.39 is 12.1 Å². The predicted molar refractivity (Wildman–Crippen MR) is 122 cm³/mol. The van der Waals surface area contributed by atoms with E-state index in [1.165, 1.54) is 7.11 Å². The molecule has 1 amide bonds. The molecule has 32 heavy (non-hydrogen) atoms. The Morgan fingerprint density at radius 2 is 1.59 bits per heavy atom. The van der Waals surface area contributed by atoms with Gasteiger partial charge in [-0.2, -0.15) is 11.8 Å². The van der Waals surface area contributed by atoms with E-state index in [-0.39, 0.29) is 18.0 Å². The van der Waals surface area contributed by atoms with E-state index in [0.29, 0.717) is 49.2 Å². The fourth-order valence-electron chi connectivity index (χ4n) is 5.74. The quantitative estimate of drug-likeness (QED) is 0.415. The summed E-state index contributed by atoms with van der Waals surface area (Å²) in [6.45, 7) is 6.67. The Balaban J connectivity index is 1.65. The van der Waals surface area contributed by atoms with E-state index in [4.69, 9.17) is 14.2 Å². The smallest absolute Gasteiger partial charge is 0.410 e. The first-order valence-corrected chi connectivity index (χ1v) is 13.1. The number of nitrogens with zero attached hydrogens (tertiary/aromatic N) is 2. The molecule has 0 aromatic carbocycles. The highest BCUT2D eigenvalue weighted by Gasteiger charge is 2.46. The van der Waals surface area contributed by atoms with Crippen LogP contribution in [0.25, 0.3) is 0 Å². The van der Waals surface area contributed by atoms with Crippen LogP contribution in [-0.4, -0.2) is 91.4 Å². The van der Waals surface area contributed by atoms with Gasteiger partial charge in [0.2, 0.25) is 0 Å². The molecule has 1 aliphatic carbocycles. The van der Waals surface area contributed by atoms with Crippen molar-refractivity contribution in [2.24, 2.45) is 17.8 Å². The van der Waals surface area contributed by atoms with Crippen LogP contribution in [0.3, 0.4) is 0 Å². The lowest BCUT2D eigenvalue weighted by atomic mass is 9.69. The highest BCUT2D eigenvalue weighted by Crippen LogP contribution is 2.42. The Labute approximate surface area is 195 Å². The van der Waals surface area contributed by atoms with Crippen molar-refractivity contribution in [3.05, 3.63) is 0 Å². The van der Waals surface area contributed by atoms with E-state index >= 15 is 0 Å². The van der Waals surface area contributed by atoms with Gasteiger partial charge in [-0.25, -0.2) is 9.59 Å². The van der Waals surface area contributed by atoms with Crippen molar-refractivity contribution in [2.45, 2.75) is 63.3 Å². The van der Waals surface area contributed by atoms with E-state index in [2.05, 4.69) is 11.2 Å². The number of likely N-dealkylation sites (tertiary alicyclic amines) is 2. The van der Waals surface area contributed by atoms with E-state index in [9.17, 15) is 14.4 Å². The number of hydrogen-bond acceptors (Lipinski definition) is 8. The lowest BCUT2D eigenvalue weighted by Gasteiger charge is -2.46. The molecular weight excluding hydrogens is 432 g/mol. The molecule has 182 valence electrons. The van der Waals surface area contributed by atoms with Crippen LogP contribution in [-0.2, 0) is 23.8 Å². The summed E-state index contributed by atoms with van der Waals surface area (Å²) in [5.41, 5.74) is 0. The molecule has 2 heterocycles. The van der Waals surface area contributed by atoms with E-state index in [0.717, 1.165) is 38.8 Å². The molecule has 3 rings (SSSR count). The molecule has 0 N–H and O–H groups in total. The molecule has 6 atom stereocenters. The number of amides is 1. The summed E-state index contributed by atoms with van der Waals surface area (Å²) in [6, 6.07) is -0.735. The third kappa shape index (κ3) is 5.71. The van der Waals surface area contributed by atoms with Crippen molar-refractivity contribution in [1.29, 1.82) is 0 Å². The maximum atomic E-state index is 12.6. The summed E-state index contributed by atoms with van der Waals surface area (Å²) < 4.78 is 15.5. The Morgan fingerprint density at radius 3 is 2.22 bits per heavy atom. The van der Waals surface area contributed by atoms with E-state index in [1.807, 2.05) is 18.7 Å². The first-order valence-electron chi connectivity index (χ1n) is 11.9. The average Bonchev–Trinajstić information content (AvgIpc) is 3.21. The van der Waals surface area contributed by atoms with Crippen molar-refractivity contribution in [3.8, 4) is 0 Å². The number of esters is 2. The van der Waals surface area contributed by atoms with Crippen LogP contribution in [0.1, 0.15) is 46.0 Å². The zero-order valence-corrected chi connectivity index (χ0v) is 20.6. The van der Waals surface area contributed by atoms with Gasteiger partial charge >= 0.3 is 18.0 Å². The van der Waals surface area contributed by atoms with Crippen LogP contribution in [0, 0.1) is 17.8 Å². The van der Waals surface area contributed by atoms with Crippen LogP contribution >= 0.6 is 11.8 Å². The van der Waals surface area contributed by atoms with Crippen molar-refractivity contribution in [2.75, 3.05) is 46.2 Å². The van der Waals surface area contributed by atoms with Crippen molar-refractivity contribution in [3.63, 3.8) is 0 Å². The van der Waals surface area contributed by atoms with Gasteiger partial charge < -0.3 is 14.2 Å². The summed E-state index contributed by atoms with van der Waals surface area (Å²) in [5.74, 6) is 0.759. The minimum absolute atomic E-state index is 0.105. The van der Waals surface area contributed by atoms with Gasteiger partial charge in [0.15, 0.2) is 0 Å². The summed E-state index contributed by atoms with van der Waals surface area (Å²) >= 11 is 1.82. The van der Waals surface area contributed by atoms with Crippen LogP contribution in [0.15, 0.2) is 0 Å². The molecule has 1 saturated carbocycles. The molecule has 9 heteroatoms. The summed E-state index contributed by atoms with van der Waals surface area (Å²) in [7, 11) is 1.35. The van der Waals surface area contributed by atoms with Crippen LogP contribution in [0.4, 0.5) is 4.79 Å². The minimum atomic E-state index is -0.581. The van der Waals surface area contributed by atoms with Crippen LogP contribution in [0.2, 0.25) is 0 Å². The number of hydrogen-bond donors (Lipinski definition) is 0. The van der Waals surface area contributed by atoms with Gasteiger partial charge in [-0.05, 0) is 70.0 Å². The molecule has 3 fully saturated rings. The Kier molecular flexibility index (Phi) is 9.11. The standard InChI is InChI=1S/C23H38N2O6S/c1-5-30-21(26)19-11-18(32-4)14-24(19)12-15-7-8-16-13-25(23(28)29-3)20(10-17(16)9-15)22(27)31-6-2/h15-20H,5-14H2,1-4H3/t15-,16-,17?,18-,19-,20?/m0/s1.